The van der Waals surface area contributed by atoms with E-state index in [1.807, 2.05) is 0 Å². The van der Waals surface area contributed by atoms with E-state index in [4.69, 9.17) is 40.6 Å². The number of nitrogens with one attached hydrogen (secondary N) is 2. The smallest absolute Gasteiger partial charge is 0.303 e. The normalized spacial score (nSPS) is 24.1. The van der Waals surface area contributed by atoms with Crippen LogP contribution in [0.25, 0.3) is 6.08 Å². The van der Waals surface area contributed by atoms with Crippen molar-refractivity contribution in [2.24, 2.45) is 0 Å². The van der Waals surface area contributed by atoms with Gasteiger partial charge in [0.05, 0.1) is 0 Å². The molecule has 0 spiro atoms. The van der Waals surface area contributed by atoms with Crippen LogP contribution >= 0.6 is 12.2 Å². The number of carbonyl (C=O) groups excluding carboxylic acids is 6. The number of esters is 4. The topological polar surface area (TPSA) is 182 Å². The second-order valence-corrected chi connectivity index (χ2v) is 8.93. The zero-order chi connectivity index (χ0) is 29.6. The molecular formula is C25H26N2O12S. The Morgan fingerprint density at radius 3 is 1.98 bits per heavy atom. The van der Waals surface area contributed by atoms with E-state index in [0.717, 1.165) is 27.7 Å². The van der Waals surface area contributed by atoms with E-state index in [1.54, 1.807) is 12.1 Å². The highest BCUT2D eigenvalue weighted by Crippen LogP contribution is 2.32. The highest BCUT2D eigenvalue weighted by molar-refractivity contribution is 7.80. The van der Waals surface area contributed by atoms with E-state index in [-0.39, 0.29) is 22.0 Å². The molecule has 2 aliphatic heterocycles. The van der Waals surface area contributed by atoms with Crippen LogP contribution in [0.2, 0.25) is 0 Å². The van der Waals surface area contributed by atoms with Crippen LogP contribution < -0.4 is 15.4 Å². The van der Waals surface area contributed by atoms with Gasteiger partial charge in [-0.05, 0) is 24.4 Å². The van der Waals surface area contributed by atoms with Gasteiger partial charge < -0.3 is 28.4 Å². The predicted octanol–water partition coefficient (Wildman–Crippen LogP) is 0.0628. The number of rotatable bonds is 8. The van der Waals surface area contributed by atoms with Crippen LogP contribution in [0.1, 0.15) is 33.3 Å². The third-order valence-electron chi connectivity index (χ3n) is 5.35. The molecule has 2 heterocycles. The van der Waals surface area contributed by atoms with Gasteiger partial charge in [0, 0.05) is 33.3 Å². The highest BCUT2D eigenvalue weighted by atomic mass is 32.1. The number of ether oxygens (including phenoxy) is 6. The van der Waals surface area contributed by atoms with E-state index < -0.39 is 73.0 Å². The number of thiocarbonyl (C=S) groups is 1. The van der Waals surface area contributed by atoms with Gasteiger partial charge in [0.15, 0.2) is 17.3 Å². The second kappa shape index (κ2) is 13.1. The largest absolute Gasteiger partial charge is 0.463 e. The van der Waals surface area contributed by atoms with Gasteiger partial charge in [-0.1, -0.05) is 18.2 Å². The molecule has 5 atom stereocenters. The molecule has 15 heteroatoms. The molecule has 3 rings (SSSR count). The molecule has 0 bridgehead atoms. The minimum atomic E-state index is -1.51. The predicted molar refractivity (Wildman–Crippen MR) is 136 cm³/mol. The van der Waals surface area contributed by atoms with Crippen molar-refractivity contribution in [3.05, 3.63) is 35.4 Å². The highest BCUT2D eigenvalue weighted by Gasteiger charge is 2.53. The van der Waals surface area contributed by atoms with E-state index in [1.165, 1.54) is 18.2 Å². The lowest BCUT2D eigenvalue weighted by molar-refractivity contribution is -0.288. The van der Waals surface area contributed by atoms with Crippen molar-refractivity contribution in [2.75, 3.05) is 6.61 Å². The molecule has 1 aromatic carbocycles. The summed E-state index contributed by atoms with van der Waals surface area (Å²) in [6.07, 6.45) is -5.77. The summed E-state index contributed by atoms with van der Waals surface area (Å²) in [6, 6.07) is 6.19. The average Bonchev–Trinajstić information content (AvgIpc) is 2.84. The lowest BCUT2D eigenvalue weighted by Crippen LogP contribution is -2.63. The Hall–Kier alpha value is -4.37. The lowest BCUT2D eigenvalue weighted by atomic mass is 9.98. The Kier molecular flexibility index (Phi) is 9.90. The van der Waals surface area contributed by atoms with Crippen LogP contribution in [0.3, 0.4) is 0 Å². The molecule has 0 radical (unpaired) electrons. The van der Waals surface area contributed by atoms with Gasteiger partial charge in [0.25, 0.3) is 11.8 Å². The van der Waals surface area contributed by atoms with Crippen LogP contribution in [0, 0.1) is 0 Å². The van der Waals surface area contributed by atoms with Gasteiger partial charge >= 0.3 is 23.9 Å². The molecule has 2 N–H and O–H groups in total. The van der Waals surface area contributed by atoms with Crippen molar-refractivity contribution in [1.82, 2.24) is 10.6 Å². The first-order chi connectivity index (χ1) is 18.8. The molecule has 214 valence electrons. The Balaban J connectivity index is 2.04. The maximum atomic E-state index is 12.4. The number of hydrogen-bond donors (Lipinski definition) is 2. The maximum absolute atomic E-state index is 12.4. The molecule has 2 aliphatic rings. The summed E-state index contributed by atoms with van der Waals surface area (Å²) < 4.78 is 33.1. The Morgan fingerprint density at radius 2 is 1.40 bits per heavy atom. The van der Waals surface area contributed by atoms with Gasteiger partial charge in [-0.25, -0.2) is 0 Å². The lowest BCUT2D eigenvalue weighted by Gasteiger charge is -2.44. The first-order valence-corrected chi connectivity index (χ1v) is 12.2. The molecule has 2 fully saturated rings. The minimum absolute atomic E-state index is 0.0599. The summed E-state index contributed by atoms with van der Waals surface area (Å²) in [5, 5.41) is 4.50. The fourth-order valence-corrected chi connectivity index (χ4v) is 4.06. The first kappa shape index (κ1) is 30.2. The van der Waals surface area contributed by atoms with Gasteiger partial charge in [0.2, 0.25) is 12.4 Å². The van der Waals surface area contributed by atoms with Gasteiger partial charge in [-0.15, -0.1) is 0 Å². The summed E-state index contributed by atoms with van der Waals surface area (Å²) >= 11 is 4.81. The summed E-state index contributed by atoms with van der Waals surface area (Å²) in [6.45, 7) is 4.00. The zero-order valence-corrected chi connectivity index (χ0v) is 22.6. The Labute approximate surface area is 233 Å². The van der Waals surface area contributed by atoms with Crippen molar-refractivity contribution in [2.45, 2.75) is 58.4 Å². The van der Waals surface area contributed by atoms with E-state index in [9.17, 15) is 28.8 Å². The SMILES string of the molecule is CC(=O)OC[C@H]1O[C@@H](Oc2ccccc2C=C2C(=O)NC(=S)NC2=O)[C@H](OC(C)=O)[C@@H](OC(C)=O)[C@@H]1OC(C)=O. The van der Waals surface area contributed by atoms with Crippen LogP contribution in [-0.2, 0) is 52.5 Å². The average molecular weight is 579 g/mol. The number of amides is 2. The van der Waals surface area contributed by atoms with Crippen molar-refractivity contribution >= 4 is 59.1 Å². The third-order valence-corrected chi connectivity index (χ3v) is 5.56. The third kappa shape index (κ3) is 7.83. The monoisotopic (exact) mass is 578 g/mol. The molecule has 0 saturated carbocycles. The van der Waals surface area contributed by atoms with Crippen LogP contribution in [0.5, 0.6) is 5.75 Å². The van der Waals surface area contributed by atoms with E-state index in [0.29, 0.717) is 0 Å². The molecular weight excluding hydrogens is 552 g/mol. The Morgan fingerprint density at radius 1 is 0.850 bits per heavy atom. The summed E-state index contributed by atoms with van der Waals surface area (Å²) in [5.41, 5.74) is -0.0327. The molecule has 14 nitrogen and oxygen atoms in total. The van der Waals surface area contributed by atoms with Gasteiger partial charge in [-0.3, -0.25) is 39.4 Å². The van der Waals surface area contributed by atoms with Crippen LogP contribution in [-0.4, -0.2) is 78.1 Å². The molecule has 40 heavy (non-hydrogen) atoms. The fraction of sp³-hybridized carbons (Fsp3) is 0.400. The molecule has 2 amide bonds. The van der Waals surface area contributed by atoms with Gasteiger partial charge in [0.1, 0.15) is 24.0 Å². The number of para-hydroxylation sites is 1. The molecule has 2 saturated heterocycles. The molecule has 1 aromatic rings. The standard InChI is InChI=1S/C25H26N2O12S/c1-11(28)34-10-18-19(35-12(2)29)20(36-13(3)30)21(37-14(4)31)24(39-18)38-17-8-6-5-7-15(17)9-16-22(32)26-25(40)27-23(16)33/h5-9,18-21,24H,10H2,1-4H3,(H2,26,27,32,33,40)/t18-,19-,20+,21-,24-/m1/s1. The number of benzene rings is 1. The maximum Gasteiger partial charge on any atom is 0.303 e. The molecule has 0 unspecified atom stereocenters. The quantitative estimate of drug-likeness (QED) is 0.139. The van der Waals surface area contributed by atoms with Crippen molar-refractivity contribution in [3.63, 3.8) is 0 Å². The van der Waals surface area contributed by atoms with Crippen molar-refractivity contribution in [3.8, 4) is 5.75 Å². The minimum Gasteiger partial charge on any atom is -0.463 e. The molecule has 0 aromatic heterocycles. The Bertz CT molecular complexity index is 1240. The van der Waals surface area contributed by atoms with Crippen LogP contribution in [0.15, 0.2) is 29.8 Å². The summed E-state index contributed by atoms with van der Waals surface area (Å²) in [4.78, 5) is 72.2. The second-order valence-electron chi connectivity index (χ2n) is 8.52. The summed E-state index contributed by atoms with van der Waals surface area (Å²) in [7, 11) is 0. The first-order valence-electron chi connectivity index (χ1n) is 11.8. The number of hydrogen-bond acceptors (Lipinski definition) is 13. The van der Waals surface area contributed by atoms with Crippen LogP contribution in [0.4, 0.5) is 0 Å². The molecule has 0 aliphatic carbocycles. The van der Waals surface area contributed by atoms with Crippen molar-refractivity contribution < 1.29 is 57.2 Å². The number of carbonyl (C=O) groups is 6. The fourth-order valence-electron chi connectivity index (χ4n) is 3.88. The van der Waals surface area contributed by atoms with Crippen molar-refractivity contribution in [1.29, 1.82) is 0 Å². The van der Waals surface area contributed by atoms with Gasteiger partial charge in [-0.2, -0.15) is 0 Å². The summed E-state index contributed by atoms with van der Waals surface area (Å²) in [5.74, 6) is -4.48. The van der Waals surface area contributed by atoms with E-state index >= 15 is 0 Å². The van der Waals surface area contributed by atoms with E-state index in [2.05, 4.69) is 10.6 Å². The zero-order valence-electron chi connectivity index (χ0n) is 21.8.